The van der Waals surface area contributed by atoms with E-state index in [2.05, 4.69) is 22.2 Å². The summed E-state index contributed by atoms with van der Waals surface area (Å²) in [4.78, 5) is 2.28. The monoisotopic (exact) mass is 558 g/mol. The number of aliphatic hydroxyl groups excluding tert-OH is 1. The number of benzene rings is 3. The number of ether oxygens (including phenoxy) is 4. The molecule has 3 atom stereocenters. The Kier molecular flexibility index (Phi) is 9.56. The Balaban J connectivity index is 1.29. The van der Waals surface area contributed by atoms with Gasteiger partial charge in [-0.25, -0.2) is 0 Å². The fourth-order valence-corrected chi connectivity index (χ4v) is 5.38. The van der Waals surface area contributed by atoms with Crippen LogP contribution >= 0.6 is 0 Å². The molecule has 3 aromatic carbocycles. The smallest absolute Gasteiger partial charge is 0.167 e. The Bertz CT molecular complexity index is 1340. The predicted molar refractivity (Wildman–Crippen MR) is 156 cm³/mol. The predicted octanol–water partition coefficient (Wildman–Crippen LogP) is 5.52. The molecule has 0 amide bonds. The summed E-state index contributed by atoms with van der Waals surface area (Å²) in [5, 5.41) is 15.3. The van der Waals surface area contributed by atoms with Gasteiger partial charge >= 0.3 is 0 Å². The van der Waals surface area contributed by atoms with E-state index in [1.165, 1.54) is 0 Å². The molecule has 0 spiro atoms. The molecule has 1 saturated heterocycles. The van der Waals surface area contributed by atoms with Gasteiger partial charge in [-0.3, -0.25) is 4.90 Å². The number of hydrogen-bond acceptors (Lipinski definition) is 8. The number of para-hydroxylation sites is 2. The third-order valence-electron chi connectivity index (χ3n) is 7.56. The zero-order valence-corrected chi connectivity index (χ0v) is 23.9. The molecule has 0 radical (unpaired) electrons. The van der Waals surface area contributed by atoms with E-state index in [1.54, 1.807) is 21.3 Å². The van der Waals surface area contributed by atoms with E-state index < -0.39 is 6.10 Å². The number of aliphatic hydroxyl groups is 1. The van der Waals surface area contributed by atoms with Crippen molar-refractivity contribution in [3.05, 3.63) is 95.7 Å². The van der Waals surface area contributed by atoms with E-state index >= 15 is 0 Å². The molecule has 1 N–H and O–H groups in total. The van der Waals surface area contributed by atoms with Crippen molar-refractivity contribution in [2.45, 2.75) is 50.7 Å². The Hall–Kier alpha value is -3.85. The molecular weight excluding hydrogens is 520 g/mol. The Labute approximate surface area is 241 Å². The van der Waals surface area contributed by atoms with Gasteiger partial charge in [-0.05, 0) is 49.2 Å². The molecule has 0 aliphatic carbocycles. The molecule has 0 bridgehead atoms. The summed E-state index contributed by atoms with van der Waals surface area (Å²) >= 11 is 0. The maximum absolute atomic E-state index is 11.0. The first-order valence-corrected chi connectivity index (χ1v) is 14.0. The molecule has 1 aliphatic rings. The quantitative estimate of drug-likeness (QED) is 0.243. The second-order valence-corrected chi connectivity index (χ2v) is 10.3. The molecule has 0 saturated carbocycles. The van der Waals surface area contributed by atoms with Gasteiger partial charge in [0.25, 0.3) is 0 Å². The summed E-state index contributed by atoms with van der Waals surface area (Å²) < 4.78 is 28.6. The molecule has 8 heteroatoms. The van der Waals surface area contributed by atoms with Crippen molar-refractivity contribution in [1.82, 2.24) is 10.1 Å². The molecule has 41 heavy (non-hydrogen) atoms. The summed E-state index contributed by atoms with van der Waals surface area (Å²) in [7, 11) is 5.02. The van der Waals surface area contributed by atoms with E-state index in [1.807, 2.05) is 66.7 Å². The minimum absolute atomic E-state index is 0.0726. The lowest BCUT2D eigenvalue weighted by atomic mass is 9.97. The average molecular weight is 559 g/mol. The second kappa shape index (κ2) is 13.7. The van der Waals surface area contributed by atoms with Crippen molar-refractivity contribution >= 4 is 0 Å². The first-order valence-electron chi connectivity index (χ1n) is 14.0. The van der Waals surface area contributed by atoms with Crippen LogP contribution in [0.5, 0.6) is 17.2 Å². The summed E-state index contributed by atoms with van der Waals surface area (Å²) in [6, 6.07) is 25.7. The van der Waals surface area contributed by atoms with Crippen molar-refractivity contribution in [2.75, 3.05) is 27.9 Å². The first kappa shape index (κ1) is 28.7. The normalized spacial score (nSPS) is 18.8. The molecule has 4 aromatic rings. The molecule has 1 aromatic heterocycles. The highest BCUT2D eigenvalue weighted by Crippen LogP contribution is 2.29. The third-order valence-corrected chi connectivity index (χ3v) is 7.56. The summed E-state index contributed by atoms with van der Waals surface area (Å²) in [5.41, 5.74) is 3.91. The lowest BCUT2D eigenvalue weighted by Crippen LogP contribution is -2.46. The highest BCUT2D eigenvalue weighted by atomic mass is 16.5. The number of rotatable bonds is 12. The SMILES string of the molecule is COc1ccc(-c2cc(C[C@@H]3CC[C@H](O)[C@@H](CN(Cc4ccccc4OC)Cc4ccccc4OC)O3)no2)cc1. The fourth-order valence-electron chi connectivity index (χ4n) is 5.38. The maximum atomic E-state index is 11.0. The van der Waals surface area contributed by atoms with E-state index in [9.17, 15) is 5.11 Å². The van der Waals surface area contributed by atoms with Crippen LogP contribution in [0, 0.1) is 0 Å². The molecule has 2 heterocycles. The second-order valence-electron chi connectivity index (χ2n) is 10.3. The van der Waals surface area contributed by atoms with Gasteiger partial charge in [-0.15, -0.1) is 0 Å². The van der Waals surface area contributed by atoms with Crippen LogP contribution in [-0.4, -0.2) is 61.3 Å². The van der Waals surface area contributed by atoms with Crippen molar-refractivity contribution in [3.8, 4) is 28.6 Å². The fraction of sp³-hybridized carbons (Fsp3) is 0.364. The lowest BCUT2D eigenvalue weighted by molar-refractivity contribution is -0.127. The Morgan fingerprint density at radius 2 is 1.46 bits per heavy atom. The van der Waals surface area contributed by atoms with Crippen LogP contribution in [0.3, 0.4) is 0 Å². The van der Waals surface area contributed by atoms with Crippen molar-refractivity contribution in [3.63, 3.8) is 0 Å². The number of hydrogen-bond donors (Lipinski definition) is 1. The zero-order chi connectivity index (χ0) is 28.6. The standard InChI is InChI=1S/C33H38N2O6/c1-37-27-14-12-23(13-15-27)32-19-26(34-41-32)18-28-16-17-29(36)33(40-28)22-35(20-24-8-4-6-10-30(24)38-2)21-25-9-5-7-11-31(25)39-3/h4-15,19,28-29,33,36H,16-18,20-22H2,1-3H3/t28-,29-,33+/m0/s1. The van der Waals surface area contributed by atoms with Crippen LogP contribution in [0.2, 0.25) is 0 Å². The van der Waals surface area contributed by atoms with E-state index in [0.717, 1.165) is 46.1 Å². The van der Waals surface area contributed by atoms with Crippen molar-refractivity contribution in [1.29, 1.82) is 0 Å². The summed E-state index contributed by atoms with van der Waals surface area (Å²) in [6.07, 6.45) is 1.04. The highest BCUT2D eigenvalue weighted by Gasteiger charge is 2.32. The largest absolute Gasteiger partial charge is 0.497 e. The number of methoxy groups -OCH3 is 3. The van der Waals surface area contributed by atoms with Crippen LogP contribution in [0.25, 0.3) is 11.3 Å². The van der Waals surface area contributed by atoms with Crippen LogP contribution in [0.1, 0.15) is 29.7 Å². The number of nitrogens with zero attached hydrogens (tertiary/aromatic N) is 2. The van der Waals surface area contributed by atoms with Crippen LogP contribution in [0.15, 0.2) is 83.4 Å². The third kappa shape index (κ3) is 7.27. The zero-order valence-electron chi connectivity index (χ0n) is 23.9. The average Bonchev–Trinajstić information content (AvgIpc) is 3.47. The van der Waals surface area contributed by atoms with Crippen LogP contribution in [0.4, 0.5) is 0 Å². The molecule has 1 aliphatic heterocycles. The Morgan fingerprint density at radius 3 is 2.07 bits per heavy atom. The molecule has 216 valence electrons. The first-order chi connectivity index (χ1) is 20.1. The van der Waals surface area contributed by atoms with E-state index in [4.69, 9.17) is 23.5 Å². The minimum atomic E-state index is -0.559. The van der Waals surface area contributed by atoms with Gasteiger partial charge in [-0.2, -0.15) is 0 Å². The highest BCUT2D eigenvalue weighted by molar-refractivity contribution is 5.58. The van der Waals surface area contributed by atoms with Crippen molar-refractivity contribution in [2.24, 2.45) is 0 Å². The van der Waals surface area contributed by atoms with Gasteiger partial charge in [0, 0.05) is 48.8 Å². The van der Waals surface area contributed by atoms with E-state index in [-0.39, 0.29) is 12.2 Å². The molecule has 8 nitrogen and oxygen atoms in total. The molecule has 5 rings (SSSR count). The van der Waals surface area contributed by atoms with Gasteiger partial charge in [0.2, 0.25) is 0 Å². The lowest BCUT2D eigenvalue weighted by Gasteiger charge is -2.37. The van der Waals surface area contributed by atoms with Gasteiger partial charge in [0.1, 0.15) is 17.2 Å². The minimum Gasteiger partial charge on any atom is -0.497 e. The topological polar surface area (TPSA) is 86.4 Å². The van der Waals surface area contributed by atoms with Crippen LogP contribution in [-0.2, 0) is 24.2 Å². The van der Waals surface area contributed by atoms with Gasteiger partial charge in [0.05, 0.1) is 45.3 Å². The maximum Gasteiger partial charge on any atom is 0.167 e. The van der Waals surface area contributed by atoms with Gasteiger partial charge in [0.15, 0.2) is 5.76 Å². The van der Waals surface area contributed by atoms with E-state index in [0.29, 0.717) is 38.2 Å². The van der Waals surface area contributed by atoms with Gasteiger partial charge in [-0.1, -0.05) is 41.6 Å². The Morgan fingerprint density at radius 1 is 0.829 bits per heavy atom. The molecule has 1 fully saturated rings. The van der Waals surface area contributed by atoms with Gasteiger partial charge < -0.3 is 28.6 Å². The summed E-state index contributed by atoms with van der Waals surface area (Å²) in [6.45, 7) is 1.81. The summed E-state index contributed by atoms with van der Waals surface area (Å²) in [5.74, 6) is 3.16. The molecule has 0 unspecified atom stereocenters. The van der Waals surface area contributed by atoms with Crippen molar-refractivity contribution < 1.29 is 28.6 Å². The number of aromatic nitrogens is 1. The molecular formula is C33H38N2O6. The van der Waals surface area contributed by atoms with Crippen LogP contribution < -0.4 is 14.2 Å².